The van der Waals surface area contributed by atoms with Crippen molar-refractivity contribution < 1.29 is 0 Å². The van der Waals surface area contributed by atoms with Gasteiger partial charge in [0.25, 0.3) is 0 Å². The number of hydrogen-bond acceptors (Lipinski definition) is 2. The molecule has 0 radical (unpaired) electrons. The lowest BCUT2D eigenvalue weighted by molar-refractivity contribution is 0.308. The van der Waals surface area contributed by atoms with Gasteiger partial charge in [-0.15, -0.1) is 24.0 Å². The van der Waals surface area contributed by atoms with Crippen molar-refractivity contribution in [3.8, 4) is 0 Å². The summed E-state index contributed by atoms with van der Waals surface area (Å²) in [6, 6.07) is 8.55. The number of aryl methyl sites for hydroxylation is 1. The van der Waals surface area contributed by atoms with Crippen LogP contribution in [0.15, 0.2) is 29.3 Å². The van der Waals surface area contributed by atoms with Gasteiger partial charge in [0.05, 0.1) is 0 Å². The highest BCUT2D eigenvalue weighted by atomic mass is 127. The van der Waals surface area contributed by atoms with Crippen LogP contribution in [-0.4, -0.2) is 44.1 Å². The third-order valence-corrected chi connectivity index (χ3v) is 3.42. The summed E-state index contributed by atoms with van der Waals surface area (Å²) in [5.74, 6) is 0.859. The van der Waals surface area contributed by atoms with Crippen LogP contribution in [0.5, 0.6) is 0 Å². The first-order valence-corrected chi connectivity index (χ1v) is 7.42. The molecule has 0 bridgehead atoms. The van der Waals surface area contributed by atoms with Crippen molar-refractivity contribution in [1.82, 2.24) is 15.5 Å². The van der Waals surface area contributed by atoms with Crippen molar-refractivity contribution in [3.05, 3.63) is 35.4 Å². The van der Waals surface area contributed by atoms with E-state index in [0.29, 0.717) is 0 Å². The Kier molecular flexibility index (Phi) is 11.3. The molecule has 1 aromatic carbocycles. The molecule has 5 heteroatoms. The minimum atomic E-state index is 0. The van der Waals surface area contributed by atoms with Gasteiger partial charge in [-0.05, 0) is 25.6 Å². The molecule has 4 nitrogen and oxygen atoms in total. The van der Waals surface area contributed by atoms with E-state index in [-0.39, 0.29) is 24.0 Å². The van der Waals surface area contributed by atoms with Gasteiger partial charge in [0.15, 0.2) is 5.96 Å². The standard InChI is InChI=1S/C16H28N4.HI/c1-5-20(6-2)12-11-18-16(17-4)19-13-15-9-7-14(3)8-10-15;/h7-10H,5-6,11-13H2,1-4H3,(H2,17,18,19);1H. The summed E-state index contributed by atoms with van der Waals surface area (Å²) in [4.78, 5) is 6.63. The monoisotopic (exact) mass is 404 g/mol. The average Bonchev–Trinajstić information content (AvgIpc) is 2.48. The van der Waals surface area contributed by atoms with E-state index in [1.165, 1.54) is 11.1 Å². The molecule has 0 spiro atoms. The molecule has 2 N–H and O–H groups in total. The number of nitrogens with zero attached hydrogens (tertiary/aromatic N) is 2. The van der Waals surface area contributed by atoms with E-state index in [1.807, 2.05) is 7.05 Å². The molecule has 0 aliphatic rings. The fourth-order valence-corrected chi connectivity index (χ4v) is 1.98. The van der Waals surface area contributed by atoms with Crippen molar-refractivity contribution in [2.75, 3.05) is 33.2 Å². The van der Waals surface area contributed by atoms with E-state index in [0.717, 1.165) is 38.7 Å². The van der Waals surface area contributed by atoms with Gasteiger partial charge in [-0.2, -0.15) is 0 Å². The molecule has 1 aromatic rings. The highest BCUT2D eigenvalue weighted by Gasteiger charge is 2.01. The molecule has 21 heavy (non-hydrogen) atoms. The average molecular weight is 404 g/mol. The third kappa shape index (κ3) is 8.26. The second kappa shape index (κ2) is 11.8. The Balaban J connectivity index is 0.00000400. The molecule has 0 atom stereocenters. The van der Waals surface area contributed by atoms with Crippen LogP contribution in [-0.2, 0) is 6.54 Å². The smallest absolute Gasteiger partial charge is 0.191 e. The lowest BCUT2D eigenvalue weighted by Gasteiger charge is -2.19. The van der Waals surface area contributed by atoms with Crippen LogP contribution in [0.3, 0.4) is 0 Å². The maximum absolute atomic E-state index is 4.25. The second-order valence-electron chi connectivity index (χ2n) is 4.87. The number of guanidine groups is 1. The van der Waals surface area contributed by atoms with Crippen LogP contribution in [0.2, 0.25) is 0 Å². The van der Waals surface area contributed by atoms with E-state index < -0.39 is 0 Å². The number of nitrogens with one attached hydrogen (secondary N) is 2. The summed E-state index contributed by atoms with van der Waals surface area (Å²) in [6.45, 7) is 11.4. The molecule has 0 aromatic heterocycles. The summed E-state index contributed by atoms with van der Waals surface area (Å²) in [5, 5.41) is 6.68. The van der Waals surface area contributed by atoms with Gasteiger partial charge in [0.1, 0.15) is 0 Å². The number of benzene rings is 1. The first kappa shape index (κ1) is 20.2. The summed E-state index contributed by atoms with van der Waals surface area (Å²) in [5.41, 5.74) is 2.55. The molecule has 1 rings (SSSR count). The fraction of sp³-hybridized carbons (Fsp3) is 0.562. The van der Waals surface area contributed by atoms with Crippen molar-refractivity contribution in [2.45, 2.75) is 27.3 Å². The molecule has 0 unspecified atom stereocenters. The van der Waals surface area contributed by atoms with Gasteiger partial charge in [0.2, 0.25) is 0 Å². The van der Waals surface area contributed by atoms with Crippen LogP contribution in [0.4, 0.5) is 0 Å². The van der Waals surface area contributed by atoms with Gasteiger partial charge in [0, 0.05) is 26.7 Å². The van der Waals surface area contributed by atoms with Crippen LogP contribution < -0.4 is 10.6 Å². The van der Waals surface area contributed by atoms with Gasteiger partial charge < -0.3 is 15.5 Å². The van der Waals surface area contributed by atoms with Gasteiger partial charge >= 0.3 is 0 Å². The first-order chi connectivity index (χ1) is 9.69. The Morgan fingerprint density at radius 3 is 2.24 bits per heavy atom. The molecular weight excluding hydrogens is 375 g/mol. The first-order valence-electron chi connectivity index (χ1n) is 7.42. The SMILES string of the molecule is CCN(CC)CCNC(=NC)NCc1ccc(C)cc1.I. The number of halogens is 1. The molecule has 0 aliphatic carbocycles. The van der Waals surface area contributed by atoms with E-state index >= 15 is 0 Å². The van der Waals surface area contributed by atoms with E-state index in [4.69, 9.17) is 0 Å². The number of rotatable bonds is 7. The topological polar surface area (TPSA) is 39.7 Å². The molecule has 0 amide bonds. The predicted molar refractivity (Wildman–Crippen MR) is 103 cm³/mol. The van der Waals surface area contributed by atoms with Gasteiger partial charge in [-0.1, -0.05) is 43.7 Å². The molecule has 0 saturated heterocycles. The Hall–Kier alpha value is -0.820. The molecule has 0 heterocycles. The number of likely N-dealkylation sites (N-methyl/N-ethyl adjacent to an activating group) is 1. The highest BCUT2D eigenvalue weighted by Crippen LogP contribution is 2.02. The fourth-order valence-electron chi connectivity index (χ4n) is 1.98. The van der Waals surface area contributed by atoms with Crippen molar-refractivity contribution in [2.24, 2.45) is 4.99 Å². The molecular formula is C16H29IN4. The van der Waals surface area contributed by atoms with Crippen LogP contribution in [0.25, 0.3) is 0 Å². The lowest BCUT2D eigenvalue weighted by Crippen LogP contribution is -2.41. The predicted octanol–water partition coefficient (Wildman–Crippen LogP) is 2.62. The third-order valence-electron chi connectivity index (χ3n) is 3.42. The maximum Gasteiger partial charge on any atom is 0.191 e. The highest BCUT2D eigenvalue weighted by molar-refractivity contribution is 14.0. The van der Waals surface area contributed by atoms with Crippen LogP contribution >= 0.6 is 24.0 Å². The second-order valence-corrected chi connectivity index (χ2v) is 4.87. The number of aliphatic imine (C=N–C) groups is 1. The largest absolute Gasteiger partial charge is 0.355 e. The van der Waals surface area contributed by atoms with E-state index in [9.17, 15) is 0 Å². The summed E-state index contributed by atoms with van der Waals surface area (Å²) >= 11 is 0. The molecule has 120 valence electrons. The number of hydrogen-bond donors (Lipinski definition) is 2. The minimum absolute atomic E-state index is 0. The Bertz CT molecular complexity index is 399. The van der Waals surface area contributed by atoms with E-state index in [1.54, 1.807) is 0 Å². The van der Waals surface area contributed by atoms with Crippen LogP contribution in [0, 0.1) is 6.92 Å². The van der Waals surface area contributed by atoms with Gasteiger partial charge in [-0.3, -0.25) is 4.99 Å². The van der Waals surface area contributed by atoms with Gasteiger partial charge in [-0.25, -0.2) is 0 Å². The zero-order valence-electron chi connectivity index (χ0n) is 13.6. The van der Waals surface area contributed by atoms with Crippen LogP contribution in [0.1, 0.15) is 25.0 Å². The molecule has 0 aliphatic heterocycles. The summed E-state index contributed by atoms with van der Waals surface area (Å²) < 4.78 is 0. The van der Waals surface area contributed by atoms with Crippen molar-refractivity contribution >= 4 is 29.9 Å². The zero-order chi connectivity index (χ0) is 14.8. The Morgan fingerprint density at radius 2 is 1.71 bits per heavy atom. The lowest BCUT2D eigenvalue weighted by atomic mass is 10.1. The normalized spacial score (nSPS) is 11.2. The van der Waals surface area contributed by atoms with E-state index in [2.05, 4.69) is 65.6 Å². The van der Waals surface area contributed by atoms with Crippen molar-refractivity contribution in [3.63, 3.8) is 0 Å². The molecule has 0 fully saturated rings. The summed E-state index contributed by atoms with van der Waals surface area (Å²) in [7, 11) is 1.81. The Morgan fingerprint density at radius 1 is 1.10 bits per heavy atom. The quantitative estimate of drug-likeness (QED) is 0.417. The Labute approximate surface area is 146 Å². The zero-order valence-corrected chi connectivity index (χ0v) is 16.0. The maximum atomic E-state index is 4.25. The molecule has 0 saturated carbocycles. The minimum Gasteiger partial charge on any atom is -0.355 e. The van der Waals surface area contributed by atoms with Crippen molar-refractivity contribution in [1.29, 1.82) is 0 Å². The summed E-state index contributed by atoms with van der Waals surface area (Å²) in [6.07, 6.45) is 0.